The molecule has 0 aromatic heterocycles. The van der Waals surface area contributed by atoms with Crippen LogP contribution >= 0.6 is 0 Å². The maximum atomic E-state index is 11.2. The second kappa shape index (κ2) is 3.78. The average Bonchev–Trinajstić information content (AvgIpc) is 2.20. The van der Waals surface area contributed by atoms with Crippen LogP contribution in [-0.4, -0.2) is 29.1 Å². The van der Waals surface area contributed by atoms with Gasteiger partial charge < -0.3 is 14.9 Å². The van der Waals surface area contributed by atoms with Crippen LogP contribution in [0, 0.1) is 0 Å². The Bertz CT molecular complexity index is 383. The van der Waals surface area contributed by atoms with Gasteiger partial charge in [0.15, 0.2) is 11.5 Å². The molecule has 1 aromatic rings. The number of methoxy groups -OCH3 is 1. The van der Waals surface area contributed by atoms with E-state index >= 15 is 0 Å². The minimum absolute atomic E-state index is 0.281. The Kier molecular flexibility index (Phi) is 2.71. The van der Waals surface area contributed by atoms with Crippen molar-refractivity contribution < 1.29 is 24.5 Å². The minimum Gasteiger partial charge on any atom is -0.504 e. The van der Waals surface area contributed by atoms with Crippen molar-refractivity contribution >= 4 is 11.8 Å². The van der Waals surface area contributed by atoms with E-state index in [9.17, 15) is 14.7 Å². The summed E-state index contributed by atoms with van der Waals surface area (Å²) in [4.78, 5) is 22.0. The van der Waals surface area contributed by atoms with E-state index in [4.69, 9.17) is 5.11 Å². The van der Waals surface area contributed by atoms with Crippen molar-refractivity contribution in [1.82, 2.24) is 0 Å². The number of benzene rings is 1. The van der Waals surface area contributed by atoms with Crippen LogP contribution < -0.4 is 0 Å². The molecule has 14 heavy (non-hydrogen) atoms. The molecule has 0 heterocycles. The van der Waals surface area contributed by atoms with Gasteiger partial charge in [0.05, 0.1) is 12.7 Å². The van der Waals surface area contributed by atoms with E-state index in [1.54, 1.807) is 0 Å². The Morgan fingerprint density at radius 2 is 1.93 bits per heavy atom. The van der Waals surface area contributed by atoms with Gasteiger partial charge in [0.2, 0.25) is 0 Å². The Hall–Kier alpha value is -2.04. The molecule has 0 atom stereocenters. The SMILES string of the molecule is COC(=O)C(=O)c1cccc(O)c1O. The molecule has 0 unspecified atom stereocenters. The predicted molar refractivity (Wildman–Crippen MR) is 46.1 cm³/mol. The van der Waals surface area contributed by atoms with E-state index in [-0.39, 0.29) is 5.56 Å². The number of phenols is 2. The van der Waals surface area contributed by atoms with Gasteiger partial charge in [0, 0.05) is 0 Å². The Morgan fingerprint density at radius 1 is 1.29 bits per heavy atom. The Balaban J connectivity index is 3.14. The maximum absolute atomic E-state index is 11.2. The quantitative estimate of drug-likeness (QED) is 0.310. The number of carbonyl (C=O) groups is 2. The zero-order valence-electron chi connectivity index (χ0n) is 7.35. The van der Waals surface area contributed by atoms with Crippen LogP contribution in [0.5, 0.6) is 11.5 Å². The summed E-state index contributed by atoms with van der Waals surface area (Å²) in [5.41, 5.74) is -0.281. The number of para-hydroxylation sites is 1. The molecule has 1 aromatic carbocycles. The number of phenolic OH excluding ortho intramolecular Hbond substituents is 2. The van der Waals surface area contributed by atoms with E-state index in [0.29, 0.717) is 0 Å². The number of hydrogen-bond donors (Lipinski definition) is 2. The predicted octanol–water partition coefficient (Wildman–Crippen LogP) is 0.453. The number of carbonyl (C=O) groups excluding carboxylic acids is 2. The van der Waals surface area contributed by atoms with Crippen molar-refractivity contribution in [2.45, 2.75) is 0 Å². The highest BCUT2D eigenvalue weighted by atomic mass is 16.5. The van der Waals surface area contributed by atoms with Crippen molar-refractivity contribution in [2.24, 2.45) is 0 Å². The lowest BCUT2D eigenvalue weighted by Crippen LogP contribution is -2.15. The van der Waals surface area contributed by atoms with Crippen LogP contribution in [0.25, 0.3) is 0 Å². The number of esters is 1. The number of ether oxygens (including phenoxy) is 1. The summed E-state index contributed by atoms with van der Waals surface area (Å²) in [5, 5.41) is 18.3. The Labute approximate surface area is 79.6 Å². The first kappa shape index (κ1) is 10.0. The van der Waals surface area contributed by atoms with Gasteiger partial charge in [0.25, 0.3) is 5.78 Å². The lowest BCUT2D eigenvalue weighted by atomic mass is 10.1. The van der Waals surface area contributed by atoms with E-state index < -0.39 is 23.3 Å². The molecular weight excluding hydrogens is 188 g/mol. The molecule has 0 aliphatic carbocycles. The third-order valence-electron chi connectivity index (χ3n) is 1.63. The summed E-state index contributed by atoms with van der Waals surface area (Å²) in [6.45, 7) is 0. The van der Waals surface area contributed by atoms with Gasteiger partial charge in [0.1, 0.15) is 0 Å². The van der Waals surface area contributed by atoms with E-state index in [2.05, 4.69) is 4.74 Å². The molecule has 2 N–H and O–H groups in total. The average molecular weight is 196 g/mol. The normalized spacial score (nSPS) is 9.50. The summed E-state index contributed by atoms with van der Waals surface area (Å²) in [6, 6.07) is 3.75. The van der Waals surface area contributed by atoms with Gasteiger partial charge in [-0.25, -0.2) is 4.79 Å². The van der Waals surface area contributed by atoms with Crippen LogP contribution in [0.15, 0.2) is 18.2 Å². The lowest BCUT2D eigenvalue weighted by molar-refractivity contribution is -0.135. The largest absolute Gasteiger partial charge is 0.504 e. The molecule has 1 rings (SSSR count). The van der Waals surface area contributed by atoms with Crippen molar-refractivity contribution in [3.63, 3.8) is 0 Å². The standard InChI is InChI=1S/C9H8O5/c1-14-9(13)8(12)5-3-2-4-6(10)7(5)11/h2-4,10-11H,1H3. The smallest absolute Gasteiger partial charge is 0.379 e. The van der Waals surface area contributed by atoms with Gasteiger partial charge in [-0.05, 0) is 12.1 Å². The summed E-state index contributed by atoms with van der Waals surface area (Å²) in [5.74, 6) is -3.17. The van der Waals surface area contributed by atoms with Gasteiger partial charge >= 0.3 is 5.97 Å². The molecule has 0 aliphatic rings. The fourth-order valence-electron chi connectivity index (χ4n) is 0.917. The highest BCUT2D eigenvalue weighted by Crippen LogP contribution is 2.28. The zero-order valence-corrected chi connectivity index (χ0v) is 7.35. The third-order valence-corrected chi connectivity index (χ3v) is 1.63. The highest BCUT2D eigenvalue weighted by Gasteiger charge is 2.21. The fourth-order valence-corrected chi connectivity index (χ4v) is 0.917. The van der Waals surface area contributed by atoms with E-state index in [0.717, 1.165) is 7.11 Å². The molecule has 74 valence electrons. The Morgan fingerprint density at radius 3 is 2.50 bits per heavy atom. The number of hydrogen-bond acceptors (Lipinski definition) is 5. The van der Waals surface area contributed by atoms with Crippen LogP contribution in [0.4, 0.5) is 0 Å². The molecule has 0 saturated carbocycles. The summed E-state index contributed by atoms with van der Waals surface area (Å²) in [6.07, 6.45) is 0. The van der Waals surface area contributed by atoms with Gasteiger partial charge in [-0.15, -0.1) is 0 Å². The van der Waals surface area contributed by atoms with Crippen molar-refractivity contribution in [1.29, 1.82) is 0 Å². The summed E-state index contributed by atoms with van der Waals surface area (Å²) < 4.78 is 4.18. The fraction of sp³-hybridized carbons (Fsp3) is 0.111. The number of rotatable bonds is 2. The van der Waals surface area contributed by atoms with Crippen LogP contribution in [0.2, 0.25) is 0 Å². The monoisotopic (exact) mass is 196 g/mol. The molecular formula is C9H8O5. The molecule has 0 saturated heterocycles. The number of aromatic hydroxyl groups is 2. The zero-order chi connectivity index (χ0) is 10.7. The van der Waals surface area contributed by atoms with Crippen LogP contribution in [0.1, 0.15) is 10.4 Å². The molecule has 0 amide bonds. The van der Waals surface area contributed by atoms with Gasteiger partial charge in [-0.1, -0.05) is 6.07 Å². The lowest BCUT2D eigenvalue weighted by Gasteiger charge is -2.02. The van der Waals surface area contributed by atoms with E-state index in [1.807, 2.05) is 0 Å². The first-order valence-electron chi connectivity index (χ1n) is 3.71. The molecule has 0 fully saturated rings. The molecule has 0 radical (unpaired) electrons. The van der Waals surface area contributed by atoms with Gasteiger partial charge in [-0.2, -0.15) is 0 Å². The topological polar surface area (TPSA) is 83.8 Å². The highest BCUT2D eigenvalue weighted by molar-refractivity contribution is 6.41. The van der Waals surface area contributed by atoms with Crippen molar-refractivity contribution in [3.8, 4) is 11.5 Å². The first-order valence-corrected chi connectivity index (χ1v) is 3.71. The van der Waals surface area contributed by atoms with Crippen molar-refractivity contribution in [3.05, 3.63) is 23.8 Å². The number of ketones is 1. The molecule has 0 aliphatic heterocycles. The molecule has 0 bridgehead atoms. The maximum Gasteiger partial charge on any atom is 0.379 e. The molecule has 5 nitrogen and oxygen atoms in total. The molecule has 5 heteroatoms. The first-order chi connectivity index (χ1) is 6.57. The third kappa shape index (κ3) is 1.66. The summed E-state index contributed by atoms with van der Waals surface area (Å²) in [7, 11) is 1.06. The minimum atomic E-state index is -1.09. The van der Waals surface area contributed by atoms with Crippen molar-refractivity contribution in [2.75, 3.05) is 7.11 Å². The molecule has 0 spiro atoms. The van der Waals surface area contributed by atoms with Crippen LogP contribution in [-0.2, 0) is 9.53 Å². The van der Waals surface area contributed by atoms with Gasteiger partial charge in [-0.3, -0.25) is 4.79 Å². The number of Topliss-reactive ketones (excluding diaryl/α,β-unsaturated/α-hetero) is 1. The second-order valence-corrected chi connectivity index (χ2v) is 2.49. The van der Waals surface area contributed by atoms with Crippen LogP contribution in [0.3, 0.4) is 0 Å². The summed E-state index contributed by atoms with van der Waals surface area (Å²) >= 11 is 0. The second-order valence-electron chi connectivity index (χ2n) is 2.49. The van der Waals surface area contributed by atoms with E-state index in [1.165, 1.54) is 18.2 Å².